The molecule has 31 heavy (non-hydrogen) atoms. The van der Waals surface area contributed by atoms with E-state index >= 15 is 0 Å². The Hall–Kier alpha value is -3.59. The molecular formula is C21H16ClF3N4O2. The fourth-order valence-corrected chi connectivity index (χ4v) is 2.69. The molecule has 0 bridgehead atoms. The number of benzene rings is 2. The summed E-state index contributed by atoms with van der Waals surface area (Å²) in [6.07, 6.45) is -1.11. The Labute approximate surface area is 180 Å². The highest BCUT2D eigenvalue weighted by atomic mass is 35.5. The second-order valence-electron chi connectivity index (χ2n) is 6.29. The fraction of sp³-hybridized carbons (Fsp3) is 0.0952. The minimum absolute atomic E-state index is 0.00753. The van der Waals surface area contributed by atoms with E-state index < -0.39 is 17.9 Å². The van der Waals surface area contributed by atoms with Gasteiger partial charge in [-0.3, -0.25) is 5.41 Å². The first-order valence-electron chi connectivity index (χ1n) is 8.88. The van der Waals surface area contributed by atoms with Gasteiger partial charge in [0.25, 0.3) is 0 Å². The minimum atomic E-state index is -4.82. The number of nitrogens with one attached hydrogen (secondary N) is 3. The number of hydrogen-bond donors (Lipinski definition) is 3. The van der Waals surface area contributed by atoms with Gasteiger partial charge in [-0.1, -0.05) is 35.9 Å². The molecule has 3 rings (SSSR count). The standard InChI is InChI=1S/C21H16ClF3N4O2/c22-16-3-1-2-4-17(16)29-18(9-19(26)21(23,24)25)13-5-7-14(8-6-13)20(30)31-11-15-10-27-12-28-15/h1-10,12,26,29H,11H2,(H,27,28)/b18-9-,26-19?. The summed E-state index contributed by atoms with van der Waals surface area (Å²) in [4.78, 5) is 18.9. The second kappa shape index (κ2) is 9.48. The first kappa shape index (κ1) is 22.1. The zero-order valence-electron chi connectivity index (χ0n) is 15.8. The maximum atomic E-state index is 12.9. The molecule has 0 spiro atoms. The maximum absolute atomic E-state index is 12.9. The molecule has 0 unspecified atom stereocenters. The Kier molecular flexibility index (Phi) is 6.76. The smallest absolute Gasteiger partial charge is 0.432 e. The molecular weight excluding hydrogens is 433 g/mol. The maximum Gasteiger partial charge on any atom is 0.432 e. The number of rotatable bonds is 7. The number of aromatic amines is 1. The quantitative estimate of drug-likeness (QED) is 0.331. The molecule has 6 nitrogen and oxygen atoms in total. The Morgan fingerprint density at radius 2 is 1.84 bits per heavy atom. The van der Waals surface area contributed by atoms with Gasteiger partial charge in [-0.25, -0.2) is 9.78 Å². The van der Waals surface area contributed by atoms with E-state index in [-0.39, 0.29) is 17.9 Å². The van der Waals surface area contributed by atoms with Gasteiger partial charge >= 0.3 is 12.1 Å². The highest BCUT2D eigenvalue weighted by Gasteiger charge is 2.33. The van der Waals surface area contributed by atoms with Gasteiger partial charge in [0.1, 0.15) is 12.3 Å². The molecule has 2 aromatic carbocycles. The average Bonchev–Trinajstić information content (AvgIpc) is 3.26. The predicted molar refractivity (Wildman–Crippen MR) is 111 cm³/mol. The summed E-state index contributed by atoms with van der Waals surface area (Å²) < 4.78 is 43.9. The number of para-hydroxylation sites is 1. The van der Waals surface area contributed by atoms with E-state index in [1.165, 1.54) is 30.6 Å². The van der Waals surface area contributed by atoms with E-state index in [0.29, 0.717) is 28.0 Å². The molecule has 0 saturated heterocycles. The number of halogens is 4. The molecule has 0 aliphatic carbocycles. The first-order chi connectivity index (χ1) is 14.7. The average molecular weight is 449 g/mol. The number of carbonyl (C=O) groups excluding carboxylic acids is 1. The van der Waals surface area contributed by atoms with Crippen LogP contribution < -0.4 is 5.32 Å². The van der Waals surface area contributed by atoms with Crippen LogP contribution in [0.1, 0.15) is 21.6 Å². The zero-order valence-corrected chi connectivity index (χ0v) is 16.6. The molecule has 1 heterocycles. The van der Waals surface area contributed by atoms with E-state index in [1.54, 1.807) is 30.5 Å². The van der Waals surface area contributed by atoms with Crippen LogP contribution in [0.5, 0.6) is 0 Å². The summed E-state index contributed by atoms with van der Waals surface area (Å²) in [6.45, 7) is -0.0218. The predicted octanol–water partition coefficient (Wildman–Crippen LogP) is 5.46. The molecule has 0 amide bonds. The van der Waals surface area contributed by atoms with Gasteiger partial charge in [-0.2, -0.15) is 13.2 Å². The number of carbonyl (C=O) groups is 1. The van der Waals surface area contributed by atoms with Crippen LogP contribution in [-0.2, 0) is 11.3 Å². The number of ether oxygens (including phenoxy) is 1. The number of H-pyrrole nitrogens is 1. The van der Waals surface area contributed by atoms with Crippen molar-refractivity contribution in [2.24, 2.45) is 0 Å². The summed E-state index contributed by atoms with van der Waals surface area (Å²) in [5, 5.41) is 10.4. The molecule has 0 aliphatic heterocycles. The van der Waals surface area contributed by atoms with Crippen molar-refractivity contribution in [2.45, 2.75) is 12.8 Å². The molecule has 0 aliphatic rings. The van der Waals surface area contributed by atoms with Crippen molar-refractivity contribution < 1.29 is 22.7 Å². The topological polar surface area (TPSA) is 90.9 Å². The summed E-state index contributed by atoms with van der Waals surface area (Å²) >= 11 is 6.09. The lowest BCUT2D eigenvalue weighted by Crippen LogP contribution is -2.20. The molecule has 1 aromatic heterocycles. The monoisotopic (exact) mass is 448 g/mol. The Balaban J connectivity index is 1.83. The fourth-order valence-electron chi connectivity index (χ4n) is 2.50. The zero-order chi connectivity index (χ0) is 22.4. The Morgan fingerprint density at radius 1 is 1.16 bits per heavy atom. The number of esters is 1. The van der Waals surface area contributed by atoms with Crippen LogP contribution in [0, 0.1) is 5.41 Å². The van der Waals surface area contributed by atoms with Crippen molar-refractivity contribution in [3.05, 3.63) is 89.0 Å². The van der Waals surface area contributed by atoms with Gasteiger partial charge in [0, 0.05) is 11.9 Å². The summed E-state index contributed by atoms with van der Waals surface area (Å²) in [7, 11) is 0. The molecule has 0 fully saturated rings. The molecule has 0 radical (unpaired) electrons. The van der Waals surface area contributed by atoms with Crippen LogP contribution in [0.15, 0.2) is 67.1 Å². The van der Waals surface area contributed by atoms with Crippen LogP contribution in [0.25, 0.3) is 5.70 Å². The van der Waals surface area contributed by atoms with Crippen LogP contribution in [0.4, 0.5) is 18.9 Å². The number of nitrogens with zero attached hydrogens (tertiary/aromatic N) is 1. The van der Waals surface area contributed by atoms with Crippen molar-refractivity contribution in [3.63, 3.8) is 0 Å². The molecule has 10 heteroatoms. The number of allylic oxidation sites excluding steroid dienone is 1. The second-order valence-corrected chi connectivity index (χ2v) is 6.70. The minimum Gasteiger partial charge on any atom is -0.456 e. The lowest BCUT2D eigenvalue weighted by Gasteiger charge is -2.14. The molecule has 0 saturated carbocycles. The number of aromatic nitrogens is 2. The van der Waals surface area contributed by atoms with Crippen LogP contribution in [-0.4, -0.2) is 27.8 Å². The van der Waals surface area contributed by atoms with Crippen LogP contribution in [0.2, 0.25) is 5.02 Å². The highest BCUT2D eigenvalue weighted by Crippen LogP contribution is 2.27. The Morgan fingerprint density at radius 3 is 2.45 bits per heavy atom. The van der Waals surface area contributed by atoms with Gasteiger partial charge in [0.2, 0.25) is 0 Å². The van der Waals surface area contributed by atoms with E-state index in [9.17, 15) is 18.0 Å². The largest absolute Gasteiger partial charge is 0.456 e. The van der Waals surface area contributed by atoms with E-state index in [4.69, 9.17) is 21.7 Å². The summed E-state index contributed by atoms with van der Waals surface area (Å²) in [5.41, 5.74) is -0.103. The SMILES string of the molecule is N=C(/C=C(\Nc1ccccc1Cl)c1ccc(C(=O)OCc2c[nH]cn2)cc1)C(F)(F)F. The molecule has 3 aromatic rings. The third-order valence-corrected chi connectivity index (χ3v) is 4.40. The van der Waals surface area contributed by atoms with Crippen molar-refractivity contribution in [1.29, 1.82) is 5.41 Å². The van der Waals surface area contributed by atoms with Crippen molar-refractivity contribution >= 4 is 34.7 Å². The normalized spacial score (nSPS) is 11.8. The number of hydrogen-bond acceptors (Lipinski definition) is 5. The first-order valence-corrected chi connectivity index (χ1v) is 9.26. The third-order valence-electron chi connectivity index (χ3n) is 4.07. The lowest BCUT2D eigenvalue weighted by molar-refractivity contribution is -0.0583. The van der Waals surface area contributed by atoms with Gasteiger partial charge in [-0.05, 0) is 35.9 Å². The third kappa shape index (κ3) is 5.95. The van der Waals surface area contributed by atoms with Crippen molar-refractivity contribution in [2.75, 3.05) is 5.32 Å². The van der Waals surface area contributed by atoms with Gasteiger partial charge < -0.3 is 15.0 Å². The van der Waals surface area contributed by atoms with E-state index in [0.717, 1.165) is 0 Å². The molecule has 0 atom stereocenters. The molecule has 3 N–H and O–H groups in total. The van der Waals surface area contributed by atoms with Gasteiger partial charge in [-0.15, -0.1) is 0 Å². The van der Waals surface area contributed by atoms with Crippen molar-refractivity contribution in [1.82, 2.24) is 9.97 Å². The Bertz CT molecular complexity index is 1090. The lowest BCUT2D eigenvalue weighted by atomic mass is 10.1. The summed E-state index contributed by atoms with van der Waals surface area (Å²) in [6, 6.07) is 12.2. The molecule has 160 valence electrons. The number of imidazole rings is 1. The number of anilines is 1. The van der Waals surface area contributed by atoms with Crippen molar-refractivity contribution in [3.8, 4) is 0 Å². The summed E-state index contributed by atoms with van der Waals surface area (Å²) in [5.74, 6) is -0.609. The van der Waals surface area contributed by atoms with E-state index in [1.807, 2.05) is 0 Å². The number of alkyl halides is 3. The van der Waals surface area contributed by atoms with E-state index in [2.05, 4.69) is 15.3 Å². The highest BCUT2D eigenvalue weighted by molar-refractivity contribution is 6.33. The van der Waals surface area contributed by atoms with Gasteiger partial charge in [0.15, 0.2) is 0 Å². The van der Waals surface area contributed by atoms with Crippen LogP contribution in [0.3, 0.4) is 0 Å². The van der Waals surface area contributed by atoms with Crippen LogP contribution >= 0.6 is 11.6 Å². The van der Waals surface area contributed by atoms with Gasteiger partial charge in [0.05, 0.1) is 28.3 Å².